The second-order valence-electron chi connectivity index (χ2n) is 7.96. The summed E-state index contributed by atoms with van der Waals surface area (Å²) in [5, 5.41) is 49.4. The molecule has 2 amide bonds. The number of rotatable bonds is 12. The van der Waals surface area contributed by atoms with Gasteiger partial charge in [0.1, 0.15) is 29.1 Å². The fourth-order valence-corrected chi connectivity index (χ4v) is 7.33. The van der Waals surface area contributed by atoms with E-state index in [4.69, 9.17) is 15.7 Å². The first-order valence-corrected chi connectivity index (χ1v) is 13.6. The zero-order valence-corrected chi connectivity index (χ0v) is 21.5. The van der Waals surface area contributed by atoms with E-state index in [1.807, 2.05) is 0 Å². The van der Waals surface area contributed by atoms with Crippen molar-refractivity contribution in [1.29, 1.82) is 0 Å². The number of carboxylic acids is 1. The van der Waals surface area contributed by atoms with Crippen molar-refractivity contribution in [1.82, 2.24) is 35.8 Å². The maximum atomic E-state index is 13.0. The van der Waals surface area contributed by atoms with Crippen molar-refractivity contribution < 1.29 is 34.5 Å². The highest BCUT2D eigenvalue weighted by Crippen LogP contribution is 2.48. The summed E-state index contributed by atoms with van der Waals surface area (Å²) in [4.78, 5) is 48.9. The lowest BCUT2D eigenvalue weighted by Gasteiger charge is -2.55. The van der Waals surface area contributed by atoms with Crippen LogP contribution in [0.1, 0.15) is 12.1 Å². The Labute approximate surface area is 221 Å². The Bertz CT molecular complexity index is 1160. The zero-order valence-electron chi connectivity index (χ0n) is 19.0. The van der Waals surface area contributed by atoms with Crippen LogP contribution in [0.25, 0.3) is 0 Å². The van der Waals surface area contributed by atoms with Gasteiger partial charge in [-0.25, -0.2) is 4.98 Å². The number of carbonyl (C=O) groups excluding carboxylic acids is 2. The summed E-state index contributed by atoms with van der Waals surface area (Å²) in [5.41, 5.74) is 4.19. The second kappa shape index (κ2) is 11.6. The molecule has 37 heavy (non-hydrogen) atoms. The van der Waals surface area contributed by atoms with Crippen LogP contribution >= 0.6 is 34.9 Å². The van der Waals surface area contributed by atoms with Crippen LogP contribution in [0.3, 0.4) is 0 Å². The molecule has 7 N–H and O–H groups in total. The number of nitrogen functional groups attached to an aromatic ring is 1. The minimum absolute atomic E-state index is 0.113. The molecule has 4 rings (SSSR count). The van der Waals surface area contributed by atoms with Gasteiger partial charge < -0.3 is 36.1 Å². The molecule has 0 radical (unpaired) electrons. The van der Waals surface area contributed by atoms with Crippen LogP contribution in [0.5, 0.6) is 0 Å². The maximum Gasteiger partial charge on any atom is 0.313 e. The molecule has 2 aromatic rings. The van der Waals surface area contributed by atoms with Gasteiger partial charge in [-0.2, -0.15) is 5.21 Å². The van der Waals surface area contributed by atoms with E-state index >= 15 is 0 Å². The van der Waals surface area contributed by atoms with Crippen LogP contribution in [-0.2, 0) is 19.2 Å². The molecule has 2 fully saturated rings. The van der Waals surface area contributed by atoms with E-state index in [9.17, 15) is 24.6 Å². The van der Waals surface area contributed by atoms with Crippen molar-refractivity contribution in [3.8, 4) is 0 Å². The standard InChI is InChI=1S/C18H23N9O7S3/c19-16-20-8(5-35-16)10(24-34-4-3-29)12(30)21-11-13(31)27-6-18(15(32)33,7-36-14(11)27)9(1-2-28)37-17-22-25-26-23-17/h5,9,11,14,28-29H,1-4,6-7H2,(H2,19,20)(H,21,30)(H,32,33)(H,22,23,25,26)/t9?,11?,14-,18?/m1/s1. The highest BCUT2D eigenvalue weighted by Gasteiger charge is 2.60. The number of tetrazole rings is 1. The molecule has 2 aliphatic heterocycles. The summed E-state index contributed by atoms with van der Waals surface area (Å²) in [6, 6.07) is -0.926. The molecule has 0 bridgehead atoms. The molecule has 2 aromatic heterocycles. The number of amides is 2. The van der Waals surface area contributed by atoms with Gasteiger partial charge in [-0.1, -0.05) is 16.9 Å². The van der Waals surface area contributed by atoms with Crippen molar-refractivity contribution >= 4 is 63.5 Å². The van der Waals surface area contributed by atoms with Gasteiger partial charge in [0.2, 0.25) is 11.1 Å². The molecule has 19 heteroatoms. The molecule has 16 nitrogen and oxygen atoms in total. The molecule has 4 heterocycles. The summed E-state index contributed by atoms with van der Waals surface area (Å²) < 4.78 is 0. The predicted molar refractivity (Wildman–Crippen MR) is 132 cm³/mol. The normalized spacial score (nSPS) is 24.2. The smallest absolute Gasteiger partial charge is 0.313 e. The molecular formula is C18H23N9O7S3. The molecule has 0 aromatic carbocycles. The molecule has 0 saturated carbocycles. The fourth-order valence-electron chi connectivity index (χ4n) is 3.91. The van der Waals surface area contributed by atoms with Gasteiger partial charge in [-0.15, -0.1) is 33.3 Å². The monoisotopic (exact) mass is 573 g/mol. The Balaban J connectivity index is 1.48. The van der Waals surface area contributed by atoms with Crippen LogP contribution < -0.4 is 11.1 Å². The summed E-state index contributed by atoms with van der Waals surface area (Å²) in [5.74, 6) is -2.20. The Hall–Kier alpha value is -3.00. The largest absolute Gasteiger partial charge is 0.481 e. The van der Waals surface area contributed by atoms with E-state index < -0.39 is 39.9 Å². The van der Waals surface area contributed by atoms with Crippen LogP contribution in [0.15, 0.2) is 15.7 Å². The number of nitrogens with two attached hydrogens (primary N) is 1. The molecule has 200 valence electrons. The molecule has 4 atom stereocenters. The molecule has 0 aliphatic carbocycles. The average molecular weight is 574 g/mol. The first kappa shape index (κ1) is 27.0. The van der Waals surface area contributed by atoms with Crippen molar-refractivity contribution in [2.24, 2.45) is 10.6 Å². The highest BCUT2D eigenvalue weighted by atomic mass is 32.2. The van der Waals surface area contributed by atoms with E-state index in [1.54, 1.807) is 0 Å². The van der Waals surface area contributed by atoms with Crippen LogP contribution in [-0.4, -0.2) is 118 Å². The fraction of sp³-hybridized carbons (Fsp3) is 0.556. The Kier molecular flexibility index (Phi) is 8.47. The lowest BCUT2D eigenvalue weighted by atomic mass is 9.82. The van der Waals surface area contributed by atoms with Crippen molar-refractivity contribution in [3.05, 3.63) is 11.1 Å². The Morgan fingerprint density at radius 3 is 2.86 bits per heavy atom. The third kappa shape index (κ3) is 5.49. The summed E-state index contributed by atoms with van der Waals surface area (Å²) in [6.07, 6.45) is 0.128. The third-order valence-electron chi connectivity index (χ3n) is 5.72. The minimum atomic E-state index is -1.40. The summed E-state index contributed by atoms with van der Waals surface area (Å²) >= 11 is 3.37. The molecular weight excluding hydrogens is 550 g/mol. The van der Waals surface area contributed by atoms with E-state index in [0.717, 1.165) is 23.1 Å². The zero-order chi connectivity index (χ0) is 26.6. The number of hydrogen-bond donors (Lipinski definition) is 6. The number of aliphatic carboxylic acids is 1. The lowest BCUT2D eigenvalue weighted by Crippen LogP contribution is -2.75. The SMILES string of the molecule is Nc1nc(C(=NOCCO)C(=O)NC2C(=O)N3CC(C(=O)O)(C(CCO)Sc4nn[nH]n4)CS[C@H]23)cs1. The van der Waals surface area contributed by atoms with Gasteiger partial charge in [0, 0.05) is 29.5 Å². The highest BCUT2D eigenvalue weighted by molar-refractivity contribution is 8.01. The Morgan fingerprint density at radius 2 is 2.24 bits per heavy atom. The number of thiazole rings is 1. The van der Waals surface area contributed by atoms with Crippen molar-refractivity contribution in [3.63, 3.8) is 0 Å². The summed E-state index contributed by atoms with van der Waals surface area (Å²) in [7, 11) is 0. The number of thioether (sulfide) groups is 2. The van der Waals surface area contributed by atoms with E-state index in [0.29, 0.717) is 0 Å². The van der Waals surface area contributed by atoms with Crippen LogP contribution in [0.2, 0.25) is 0 Å². The lowest BCUT2D eigenvalue weighted by molar-refractivity contribution is -0.158. The van der Waals surface area contributed by atoms with Gasteiger partial charge in [-0.3, -0.25) is 14.4 Å². The van der Waals surface area contributed by atoms with Gasteiger partial charge >= 0.3 is 5.97 Å². The number of nitrogens with one attached hydrogen (secondary N) is 2. The quantitative estimate of drug-likeness (QED) is 0.0527. The number of H-pyrrole nitrogens is 1. The maximum absolute atomic E-state index is 13.0. The first-order chi connectivity index (χ1) is 17.8. The number of nitrogens with zero attached hydrogens (tertiary/aromatic N) is 6. The number of carboxylic acid groups (broad SMARTS) is 1. The average Bonchev–Trinajstić information content (AvgIpc) is 3.56. The van der Waals surface area contributed by atoms with E-state index in [1.165, 1.54) is 22.0 Å². The van der Waals surface area contributed by atoms with Gasteiger partial charge in [-0.05, 0) is 11.6 Å². The number of fused-ring (bicyclic) bond motifs is 1. The van der Waals surface area contributed by atoms with E-state index in [-0.39, 0.29) is 60.2 Å². The predicted octanol–water partition coefficient (Wildman–Crippen LogP) is -2.03. The first-order valence-electron chi connectivity index (χ1n) is 10.8. The van der Waals surface area contributed by atoms with Gasteiger partial charge in [0.25, 0.3) is 5.91 Å². The number of aromatic nitrogens is 5. The number of carbonyl (C=O) groups is 3. The Morgan fingerprint density at radius 1 is 1.43 bits per heavy atom. The third-order valence-corrected chi connectivity index (χ3v) is 9.30. The number of anilines is 1. The van der Waals surface area contributed by atoms with E-state index in [2.05, 4.69) is 36.1 Å². The number of aromatic amines is 1. The van der Waals surface area contributed by atoms with Crippen LogP contribution in [0, 0.1) is 5.41 Å². The van der Waals surface area contributed by atoms with Gasteiger partial charge in [0.15, 0.2) is 10.8 Å². The molecule has 2 saturated heterocycles. The van der Waals surface area contributed by atoms with Gasteiger partial charge in [0.05, 0.1) is 6.61 Å². The summed E-state index contributed by atoms with van der Waals surface area (Å²) in [6.45, 7) is -0.865. The molecule has 2 aliphatic rings. The number of β-lactam (4-membered cyclic amide) rings is 1. The molecule has 3 unspecified atom stereocenters. The number of oxime groups is 1. The second-order valence-corrected chi connectivity index (χ2v) is 11.1. The minimum Gasteiger partial charge on any atom is -0.481 e. The van der Waals surface area contributed by atoms with Crippen molar-refractivity contribution in [2.45, 2.75) is 28.2 Å². The molecule has 0 spiro atoms. The van der Waals surface area contributed by atoms with Crippen molar-refractivity contribution in [2.75, 3.05) is 37.9 Å². The number of aliphatic hydroxyl groups excluding tert-OH is 2. The van der Waals surface area contributed by atoms with Crippen LogP contribution in [0.4, 0.5) is 5.13 Å². The number of aliphatic hydroxyl groups is 2. The number of hydrogen-bond acceptors (Lipinski definition) is 15. The topological polar surface area (TPSA) is 242 Å².